The fourth-order valence-electron chi connectivity index (χ4n) is 7.58. The molecule has 3 fully saturated rings. The van der Waals surface area contributed by atoms with Crippen LogP contribution in [0.4, 0.5) is 5.69 Å². The Morgan fingerprint density at radius 2 is 1.88 bits per heavy atom. The molecule has 5 rings (SSSR count). The highest BCUT2D eigenvalue weighted by atomic mass is 32.2. The van der Waals surface area contributed by atoms with Crippen molar-refractivity contribution in [3.8, 4) is 0 Å². The van der Waals surface area contributed by atoms with Gasteiger partial charge < -0.3 is 19.6 Å². The Kier molecular flexibility index (Phi) is 9.10. The van der Waals surface area contributed by atoms with Gasteiger partial charge in [-0.2, -0.15) is 0 Å². The first-order valence-corrected chi connectivity index (χ1v) is 16.3. The van der Waals surface area contributed by atoms with Crippen molar-refractivity contribution < 1.29 is 24.2 Å². The first-order chi connectivity index (χ1) is 20.6. The second-order valence-electron chi connectivity index (χ2n) is 12.7. The van der Waals surface area contributed by atoms with Crippen LogP contribution in [0.5, 0.6) is 0 Å². The van der Waals surface area contributed by atoms with E-state index in [1.165, 1.54) is 0 Å². The lowest BCUT2D eigenvalue weighted by Crippen LogP contribution is -2.58. The third-order valence-corrected chi connectivity index (χ3v) is 11.7. The molecule has 0 saturated carbocycles. The molecule has 0 aliphatic carbocycles. The number of aliphatic hydroxyl groups is 1. The van der Waals surface area contributed by atoms with Crippen LogP contribution in [0.15, 0.2) is 67.8 Å². The molecule has 3 saturated heterocycles. The normalized spacial score (nSPS) is 28.3. The number of carbonyl (C=O) groups is 3. The number of rotatable bonds is 13. The number of benzene rings is 2. The lowest BCUT2D eigenvalue weighted by molar-refractivity contribution is -0.156. The highest BCUT2D eigenvalue weighted by molar-refractivity contribution is 8.02. The Morgan fingerprint density at radius 1 is 1.14 bits per heavy atom. The highest BCUT2D eigenvalue weighted by Gasteiger charge is 2.78. The average molecular weight is 605 g/mol. The van der Waals surface area contributed by atoms with Crippen LogP contribution in [0.2, 0.25) is 0 Å². The van der Waals surface area contributed by atoms with Gasteiger partial charge in [-0.15, -0.1) is 24.9 Å². The van der Waals surface area contributed by atoms with E-state index in [1.54, 1.807) is 27.6 Å². The minimum atomic E-state index is -0.840. The topological polar surface area (TPSA) is 87.1 Å². The van der Waals surface area contributed by atoms with Gasteiger partial charge in [-0.1, -0.05) is 56.3 Å². The molecule has 2 bridgehead atoms. The number of unbranched alkanes of at least 4 members (excludes halogenated alkanes) is 2. The van der Waals surface area contributed by atoms with E-state index in [9.17, 15) is 19.5 Å². The predicted molar refractivity (Wildman–Crippen MR) is 173 cm³/mol. The Morgan fingerprint density at radius 3 is 2.56 bits per heavy atom. The van der Waals surface area contributed by atoms with Crippen LogP contribution in [-0.4, -0.2) is 69.1 Å². The number of allylic oxidation sites excluding steroid dienone is 1. The van der Waals surface area contributed by atoms with E-state index in [1.807, 2.05) is 69.3 Å². The number of aliphatic hydroxyl groups excluding tert-OH is 1. The molecule has 1 N–H and O–H groups in total. The lowest BCUT2D eigenvalue weighted by Gasteiger charge is -2.40. The van der Waals surface area contributed by atoms with Crippen molar-refractivity contribution in [3.63, 3.8) is 0 Å². The minimum Gasteiger partial charge on any atom is -0.465 e. The fraction of sp³-hybridized carbons (Fsp3) is 0.514. The van der Waals surface area contributed by atoms with Crippen molar-refractivity contribution in [1.29, 1.82) is 0 Å². The van der Waals surface area contributed by atoms with Gasteiger partial charge in [0.1, 0.15) is 6.04 Å². The summed E-state index contributed by atoms with van der Waals surface area (Å²) in [5.41, 5.74) is 0.722. The molecule has 2 aromatic rings. The van der Waals surface area contributed by atoms with Crippen molar-refractivity contribution in [2.24, 2.45) is 17.8 Å². The lowest BCUT2D eigenvalue weighted by atomic mass is 9.66. The number of amides is 2. The molecule has 3 aliphatic heterocycles. The number of thioether (sulfide) groups is 1. The summed E-state index contributed by atoms with van der Waals surface area (Å²) < 4.78 is 4.48. The number of likely N-dealkylation sites (tertiary alicyclic amines) is 1. The number of anilines is 1. The maximum absolute atomic E-state index is 14.9. The number of esters is 1. The monoisotopic (exact) mass is 604 g/mol. The van der Waals surface area contributed by atoms with Gasteiger partial charge in [0.2, 0.25) is 5.91 Å². The van der Waals surface area contributed by atoms with E-state index in [-0.39, 0.29) is 36.9 Å². The summed E-state index contributed by atoms with van der Waals surface area (Å²) in [4.78, 5) is 46.5. The Bertz CT molecular complexity index is 1410. The molecule has 43 heavy (non-hydrogen) atoms. The second-order valence-corrected chi connectivity index (χ2v) is 14.6. The summed E-state index contributed by atoms with van der Waals surface area (Å²) in [6.07, 6.45) is 7.35. The zero-order valence-corrected chi connectivity index (χ0v) is 26.4. The van der Waals surface area contributed by atoms with Crippen LogP contribution in [-0.2, 0) is 19.1 Å². The zero-order valence-electron chi connectivity index (χ0n) is 25.5. The predicted octanol–water partition coefficient (Wildman–Crippen LogP) is 5.76. The third kappa shape index (κ3) is 5.31. The first-order valence-electron chi connectivity index (χ1n) is 15.5. The van der Waals surface area contributed by atoms with Crippen LogP contribution in [0, 0.1) is 17.8 Å². The Labute approximate surface area is 259 Å². The van der Waals surface area contributed by atoms with Crippen LogP contribution in [0.3, 0.4) is 0 Å². The van der Waals surface area contributed by atoms with Crippen molar-refractivity contribution in [3.05, 3.63) is 67.8 Å². The number of ether oxygens (including phenoxy) is 1. The average Bonchev–Trinajstić information content (AvgIpc) is 3.56. The highest BCUT2D eigenvalue weighted by Crippen LogP contribution is 2.72. The maximum Gasteiger partial charge on any atom is 0.311 e. The van der Waals surface area contributed by atoms with Crippen molar-refractivity contribution in [2.45, 2.75) is 74.5 Å². The maximum atomic E-state index is 14.9. The van der Waals surface area contributed by atoms with Gasteiger partial charge in [0, 0.05) is 17.0 Å². The van der Waals surface area contributed by atoms with Crippen LogP contribution < -0.4 is 4.90 Å². The van der Waals surface area contributed by atoms with Crippen molar-refractivity contribution in [1.82, 2.24) is 4.90 Å². The first kappa shape index (κ1) is 31.3. The van der Waals surface area contributed by atoms with E-state index in [2.05, 4.69) is 13.2 Å². The van der Waals surface area contributed by atoms with Gasteiger partial charge in [-0.25, -0.2) is 0 Å². The molecule has 230 valence electrons. The van der Waals surface area contributed by atoms with Crippen LogP contribution in [0.25, 0.3) is 10.8 Å². The molecule has 3 heterocycles. The van der Waals surface area contributed by atoms with Gasteiger partial charge in [0.05, 0.1) is 35.8 Å². The minimum absolute atomic E-state index is 0.0963. The molecular formula is C35H44N2O5S. The molecule has 2 amide bonds. The third-order valence-electron chi connectivity index (χ3n) is 9.69. The standard InChI is InChI=1S/C35H44N2O5S/c1-6-8-9-12-20-42-33(41)29-28-31(39)37(27(22-38)23(3)4)30(35(28)18-17-34(29,5)43-35)32(40)36(19-7-2)26-16-15-24-13-10-11-14-25(24)21-26/h6-7,10-11,13-16,21,23,27-30,38H,1-2,8-9,12,17-20,22H2,3-5H3/t27-,28-,29-,30?,34+,35?/m0/s1. The number of fused-ring (bicyclic) bond motifs is 2. The quantitative estimate of drug-likeness (QED) is 0.178. The zero-order chi connectivity index (χ0) is 30.9. The molecular weight excluding hydrogens is 560 g/mol. The Balaban J connectivity index is 1.55. The van der Waals surface area contributed by atoms with Gasteiger partial charge in [0.15, 0.2) is 0 Å². The van der Waals surface area contributed by atoms with Crippen molar-refractivity contribution in [2.75, 3.05) is 24.7 Å². The van der Waals surface area contributed by atoms with E-state index >= 15 is 0 Å². The molecule has 0 aromatic heterocycles. The summed E-state index contributed by atoms with van der Waals surface area (Å²) in [6.45, 7) is 13.9. The molecule has 2 unspecified atom stereocenters. The smallest absolute Gasteiger partial charge is 0.311 e. The number of hydrogen-bond acceptors (Lipinski definition) is 6. The molecule has 2 aromatic carbocycles. The molecule has 6 atom stereocenters. The van der Waals surface area contributed by atoms with E-state index in [4.69, 9.17) is 4.74 Å². The SMILES string of the molecule is C=CCCCCOC(=O)[C@@H]1[C@H]2C(=O)N([C@@H](CO)C(C)C)C(C(=O)N(CC=C)c3ccc4ccccc4c3)C23CC[C@@]1(C)S3. The largest absolute Gasteiger partial charge is 0.465 e. The van der Waals surface area contributed by atoms with E-state index in [0.29, 0.717) is 19.4 Å². The Hall–Kier alpha value is -3.10. The summed E-state index contributed by atoms with van der Waals surface area (Å²) in [5, 5.41) is 12.6. The molecule has 8 heteroatoms. The fourth-order valence-corrected chi connectivity index (χ4v) is 9.90. The summed E-state index contributed by atoms with van der Waals surface area (Å²) in [6, 6.07) is 12.5. The van der Waals surface area contributed by atoms with E-state index in [0.717, 1.165) is 35.7 Å². The number of nitrogens with zero attached hydrogens (tertiary/aromatic N) is 2. The molecule has 3 aliphatic rings. The van der Waals surface area contributed by atoms with Gasteiger partial charge in [0.25, 0.3) is 5.91 Å². The number of carbonyl (C=O) groups excluding carboxylic acids is 3. The van der Waals surface area contributed by atoms with Crippen molar-refractivity contribution >= 4 is 46.0 Å². The van der Waals surface area contributed by atoms with Crippen LogP contribution >= 0.6 is 11.8 Å². The second kappa shape index (κ2) is 12.5. The summed E-state index contributed by atoms with van der Waals surface area (Å²) >= 11 is 1.62. The summed E-state index contributed by atoms with van der Waals surface area (Å²) in [7, 11) is 0. The summed E-state index contributed by atoms with van der Waals surface area (Å²) in [5.74, 6) is -2.24. The molecule has 1 spiro atoms. The molecule has 0 radical (unpaired) electrons. The van der Waals surface area contributed by atoms with Gasteiger partial charge in [-0.3, -0.25) is 14.4 Å². The molecule has 7 nitrogen and oxygen atoms in total. The number of hydrogen-bond donors (Lipinski definition) is 1. The van der Waals surface area contributed by atoms with Gasteiger partial charge in [-0.05, 0) is 67.9 Å². The van der Waals surface area contributed by atoms with Gasteiger partial charge >= 0.3 is 5.97 Å². The van der Waals surface area contributed by atoms with E-state index < -0.39 is 33.4 Å². The van der Waals surface area contributed by atoms with Crippen LogP contribution in [0.1, 0.15) is 52.9 Å².